The van der Waals surface area contributed by atoms with Crippen LogP contribution in [-0.4, -0.2) is 60.3 Å². The third-order valence-electron chi connectivity index (χ3n) is 5.37. The van der Waals surface area contributed by atoms with Crippen LogP contribution < -0.4 is 9.80 Å². The molecule has 2 aliphatic rings. The predicted molar refractivity (Wildman–Crippen MR) is 102 cm³/mol. The number of likely N-dealkylation sites (tertiary alicyclic amines) is 1. The lowest BCUT2D eigenvalue weighted by Gasteiger charge is -2.37. The first-order valence-electron chi connectivity index (χ1n) is 9.51. The number of piperidine rings is 1. The van der Waals surface area contributed by atoms with E-state index in [4.69, 9.17) is 4.52 Å². The zero-order chi connectivity index (χ0) is 18.1. The van der Waals surface area contributed by atoms with Gasteiger partial charge in [0.05, 0.1) is 5.69 Å². The fourth-order valence-electron chi connectivity index (χ4n) is 3.60. The minimum absolute atomic E-state index is 0.413. The van der Waals surface area contributed by atoms with Crippen LogP contribution in [0, 0.1) is 0 Å². The van der Waals surface area contributed by atoms with Gasteiger partial charge in [0.1, 0.15) is 11.6 Å². The molecule has 7 heteroatoms. The van der Waals surface area contributed by atoms with Gasteiger partial charge in [-0.2, -0.15) is 4.98 Å². The first-order valence-corrected chi connectivity index (χ1v) is 9.51. The van der Waals surface area contributed by atoms with Crippen LogP contribution in [0.5, 0.6) is 0 Å². The van der Waals surface area contributed by atoms with Crippen molar-refractivity contribution in [3.63, 3.8) is 0 Å². The van der Waals surface area contributed by atoms with Gasteiger partial charge in [-0.15, -0.1) is 0 Å². The number of anilines is 2. The van der Waals surface area contributed by atoms with Crippen LogP contribution in [-0.2, 0) is 6.54 Å². The Morgan fingerprint density at radius 2 is 2.08 bits per heavy atom. The molecule has 1 aliphatic carbocycles. The second kappa shape index (κ2) is 7.23. The first-order chi connectivity index (χ1) is 12.6. The number of hydrogen-bond acceptors (Lipinski definition) is 7. The minimum atomic E-state index is 0.413. The maximum absolute atomic E-state index is 5.50. The first kappa shape index (κ1) is 17.3. The third-order valence-corrected chi connectivity index (χ3v) is 5.37. The topological polar surface area (TPSA) is 61.5 Å². The lowest BCUT2D eigenvalue weighted by atomic mass is 10.0. The summed E-state index contributed by atoms with van der Waals surface area (Å²) in [4.78, 5) is 15.9. The largest absolute Gasteiger partial charge is 0.363 e. The Hall–Kier alpha value is -2.15. The molecule has 0 amide bonds. The monoisotopic (exact) mass is 356 g/mol. The second-order valence-electron chi connectivity index (χ2n) is 7.75. The molecule has 1 unspecified atom stereocenters. The van der Waals surface area contributed by atoms with E-state index in [1.807, 2.05) is 31.3 Å². The van der Waals surface area contributed by atoms with Crippen molar-refractivity contribution in [2.75, 3.05) is 44.0 Å². The van der Waals surface area contributed by atoms with Crippen LogP contribution in [0.2, 0.25) is 0 Å². The molecule has 4 rings (SSSR count). The second-order valence-corrected chi connectivity index (χ2v) is 7.75. The summed E-state index contributed by atoms with van der Waals surface area (Å²) in [5.74, 6) is 3.42. The summed E-state index contributed by atoms with van der Waals surface area (Å²) in [7, 11) is 6.11. The van der Waals surface area contributed by atoms with E-state index in [0.717, 1.165) is 49.3 Å². The van der Waals surface area contributed by atoms with Crippen LogP contribution in [0.3, 0.4) is 0 Å². The SMILES string of the molecule is CN(C)c1ccnc(N(C)C2CCCN(Cc3cc(C4CC4)on3)C2)n1. The van der Waals surface area contributed by atoms with Crippen LogP contribution in [0.1, 0.15) is 43.1 Å². The van der Waals surface area contributed by atoms with Crippen molar-refractivity contribution < 1.29 is 4.52 Å². The average molecular weight is 356 g/mol. The Bertz CT molecular complexity index is 741. The van der Waals surface area contributed by atoms with Crippen molar-refractivity contribution in [2.45, 2.75) is 44.2 Å². The van der Waals surface area contributed by atoms with Crippen molar-refractivity contribution in [3.05, 3.63) is 29.8 Å². The lowest BCUT2D eigenvalue weighted by molar-refractivity contribution is 0.193. The van der Waals surface area contributed by atoms with Crippen LogP contribution >= 0.6 is 0 Å². The normalized spacial score (nSPS) is 21.0. The Balaban J connectivity index is 1.39. The molecule has 1 saturated heterocycles. The molecule has 7 nitrogen and oxygen atoms in total. The van der Waals surface area contributed by atoms with Gasteiger partial charge in [-0.1, -0.05) is 5.16 Å². The summed E-state index contributed by atoms with van der Waals surface area (Å²) in [5, 5.41) is 4.27. The Morgan fingerprint density at radius 1 is 1.23 bits per heavy atom. The molecule has 1 atom stereocenters. The molecule has 0 spiro atoms. The van der Waals surface area contributed by atoms with Crippen LogP contribution in [0.4, 0.5) is 11.8 Å². The van der Waals surface area contributed by atoms with E-state index >= 15 is 0 Å². The summed E-state index contributed by atoms with van der Waals surface area (Å²) in [6.45, 7) is 2.96. The molecule has 3 heterocycles. The van der Waals surface area contributed by atoms with Crippen molar-refractivity contribution in [1.82, 2.24) is 20.0 Å². The summed E-state index contributed by atoms with van der Waals surface area (Å²) in [6.07, 6.45) is 6.67. The van der Waals surface area contributed by atoms with Crippen molar-refractivity contribution in [2.24, 2.45) is 0 Å². The van der Waals surface area contributed by atoms with E-state index in [0.29, 0.717) is 12.0 Å². The van der Waals surface area contributed by atoms with Crippen LogP contribution in [0.15, 0.2) is 22.9 Å². The van der Waals surface area contributed by atoms with Crippen molar-refractivity contribution in [3.8, 4) is 0 Å². The Morgan fingerprint density at radius 3 is 2.85 bits per heavy atom. The Labute approximate surface area is 155 Å². The average Bonchev–Trinajstić information content (AvgIpc) is 3.41. The van der Waals surface area contributed by atoms with Crippen molar-refractivity contribution >= 4 is 11.8 Å². The molecule has 26 heavy (non-hydrogen) atoms. The van der Waals surface area contributed by atoms with Gasteiger partial charge in [-0.3, -0.25) is 4.90 Å². The number of rotatable bonds is 6. The molecule has 0 aromatic carbocycles. The molecular formula is C19H28N6O. The molecule has 0 N–H and O–H groups in total. The van der Waals surface area contributed by atoms with Gasteiger partial charge in [0.2, 0.25) is 5.95 Å². The molecular weight excluding hydrogens is 328 g/mol. The summed E-state index contributed by atoms with van der Waals surface area (Å²) in [5.41, 5.74) is 1.06. The van der Waals surface area contributed by atoms with Gasteiger partial charge < -0.3 is 14.3 Å². The smallest absolute Gasteiger partial charge is 0.227 e. The number of likely N-dealkylation sites (N-methyl/N-ethyl adjacent to an activating group) is 1. The van der Waals surface area contributed by atoms with E-state index in [9.17, 15) is 0 Å². The molecule has 0 bridgehead atoms. The maximum atomic E-state index is 5.50. The third kappa shape index (κ3) is 3.82. The fourth-order valence-corrected chi connectivity index (χ4v) is 3.60. The van der Waals surface area contributed by atoms with Gasteiger partial charge in [-0.25, -0.2) is 4.98 Å². The molecule has 1 aliphatic heterocycles. The summed E-state index contributed by atoms with van der Waals surface area (Å²) < 4.78 is 5.50. The van der Waals surface area contributed by atoms with Gasteiger partial charge in [0, 0.05) is 58.5 Å². The highest BCUT2D eigenvalue weighted by molar-refractivity contribution is 5.42. The van der Waals surface area contributed by atoms with E-state index in [1.165, 1.54) is 19.3 Å². The fraction of sp³-hybridized carbons (Fsp3) is 0.632. The maximum Gasteiger partial charge on any atom is 0.227 e. The van der Waals surface area contributed by atoms with Gasteiger partial charge in [0.15, 0.2) is 0 Å². The molecule has 2 aromatic heterocycles. The molecule has 2 aromatic rings. The minimum Gasteiger partial charge on any atom is -0.363 e. The van der Waals surface area contributed by atoms with E-state index in [1.54, 1.807) is 0 Å². The highest BCUT2D eigenvalue weighted by Crippen LogP contribution is 2.40. The molecule has 140 valence electrons. The predicted octanol–water partition coefficient (Wildman–Crippen LogP) is 2.51. The molecule has 1 saturated carbocycles. The molecule has 2 fully saturated rings. The molecule has 0 radical (unpaired) electrons. The number of hydrogen-bond donors (Lipinski definition) is 0. The lowest BCUT2D eigenvalue weighted by Crippen LogP contribution is -2.46. The number of aromatic nitrogens is 3. The standard InChI is InChI=1S/C19H28N6O/c1-23(2)18-8-9-20-19(21-18)24(3)16-5-4-10-25(13-16)12-15-11-17(26-22-15)14-6-7-14/h8-9,11,14,16H,4-7,10,12-13H2,1-3H3. The van der Waals surface area contributed by atoms with E-state index in [2.05, 4.69) is 38.0 Å². The van der Waals surface area contributed by atoms with Gasteiger partial charge in [0.25, 0.3) is 0 Å². The summed E-state index contributed by atoms with van der Waals surface area (Å²) >= 11 is 0. The van der Waals surface area contributed by atoms with Crippen LogP contribution in [0.25, 0.3) is 0 Å². The van der Waals surface area contributed by atoms with E-state index < -0.39 is 0 Å². The van der Waals surface area contributed by atoms with E-state index in [-0.39, 0.29) is 0 Å². The quantitative estimate of drug-likeness (QED) is 0.788. The van der Waals surface area contributed by atoms with Crippen molar-refractivity contribution in [1.29, 1.82) is 0 Å². The zero-order valence-electron chi connectivity index (χ0n) is 15.9. The highest BCUT2D eigenvalue weighted by atomic mass is 16.5. The van der Waals surface area contributed by atoms with Gasteiger partial charge in [-0.05, 0) is 38.3 Å². The number of nitrogens with zero attached hydrogens (tertiary/aromatic N) is 6. The zero-order valence-corrected chi connectivity index (χ0v) is 15.9. The van der Waals surface area contributed by atoms with Gasteiger partial charge >= 0.3 is 0 Å². The summed E-state index contributed by atoms with van der Waals surface area (Å²) in [6, 6.07) is 4.50. The Kier molecular flexibility index (Phi) is 4.80. The highest BCUT2D eigenvalue weighted by Gasteiger charge is 2.29.